The fourth-order valence-electron chi connectivity index (χ4n) is 2.34. The molecule has 5 heteroatoms. The van der Waals surface area contributed by atoms with Gasteiger partial charge in [-0.1, -0.05) is 30.3 Å². The van der Waals surface area contributed by atoms with Gasteiger partial charge in [-0.05, 0) is 18.9 Å². The smallest absolute Gasteiger partial charge is 0.253 e. The normalized spacial score (nSPS) is 14.3. The number of carbonyl (C=O) groups excluding carboxylic acids is 1. The van der Waals surface area contributed by atoms with E-state index in [1.54, 1.807) is 6.20 Å². The van der Waals surface area contributed by atoms with Gasteiger partial charge in [0.15, 0.2) is 5.65 Å². The maximum Gasteiger partial charge on any atom is 0.253 e. The summed E-state index contributed by atoms with van der Waals surface area (Å²) in [5.41, 5.74) is 3.09. The zero-order valence-corrected chi connectivity index (χ0v) is 11.3. The Morgan fingerprint density at radius 2 is 2.05 bits per heavy atom. The zero-order chi connectivity index (χ0) is 14.2. The van der Waals surface area contributed by atoms with Crippen molar-refractivity contribution in [1.29, 1.82) is 0 Å². The molecule has 1 aromatic carbocycles. The SMILES string of the molecule is O=C(NC1CC1)c1cnc2[nH]nc(-c3ccccc3)c2c1. The van der Waals surface area contributed by atoms with Crippen molar-refractivity contribution in [3.8, 4) is 11.3 Å². The van der Waals surface area contributed by atoms with E-state index < -0.39 is 0 Å². The predicted molar refractivity (Wildman–Crippen MR) is 79.8 cm³/mol. The van der Waals surface area contributed by atoms with E-state index in [0.29, 0.717) is 17.3 Å². The average Bonchev–Trinajstić information content (AvgIpc) is 3.24. The van der Waals surface area contributed by atoms with Crippen molar-refractivity contribution < 1.29 is 4.79 Å². The average molecular weight is 278 g/mol. The number of hydrogen-bond donors (Lipinski definition) is 2. The zero-order valence-electron chi connectivity index (χ0n) is 11.3. The molecule has 5 nitrogen and oxygen atoms in total. The minimum Gasteiger partial charge on any atom is -0.349 e. The number of pyridine rings is 1. The van der Waals surface area contributed by atoms with E-state index in [0.717, 1.165) is 29.5 Å². The summed E-state index contributed by atoms with van der Waals surface area (Å²) >= 11 is 0. The standard InChI is InChI=1S/C16H14N4O/c21-16(18-12-6-7-12)11-8-13-14(10-4-2-1-3-5-10)19-20-15(13)17-9-11/h1-5,8-9,12H,6-7H2,(H,18,21)(H,17,19,20). The van der Waals surface area contributed by atoms with Crippen molar-refractivity contribution in [2.75, 3.05) is 0 Å². The van der Waals surface area contributed by atoms with Gasteiger partial charge in [0.25, 0.3) is 5.91 Å². The molecule has 3 aromatic rings. The molecule has 1 fully saturated rings. The van der Waals surface area contributed by atoms with E-state index in [1.165, 1.54) is 0 Å². The van der Waals surface area contributed by atoms with Gasteiger partial charge in [-0.15, -0.1) is 0 Å². The number of rotatable bonds is 3. The number of aromatic amines is 1. The maximum atomic E-state index is 12.1. The van der Waals surface area contributed by atoms with Crippen LogP contribution in [0.4, 0.5) is 0 Å². The van der Waals surface area contributed by atoms with Crippen LogP contribution in [0.5, 0.6) is 0 Å². The van der Waals surface area contributed by atoms with Crippen molar-refractivity contribution >= 4 is 16.9 Å². The topological polar surface area (TPSA) is 70.7 Å². The highest BCUT2D eigenvalue weighted by molar-refractivity contribution is 6.00. The Hall–Kier alpha value is -2.69. The molecule has 2 heterocycles. The molecule has 0 bridgehead atoms. The summed E-state index contributed by atoms with van der Waals surface area (Å²) in [6, 6.07) is 12.1. The third-order valence-corrected chi connectivity index (χ3v) is 3.64. The number of amides is 1. The number of carbonyl (C=O) groups is 1. The molecule has 2 aromatic heterocycles. The van der Waals surface area contributed by atoms with Gasteiger partial charge in [0.2, 0.25) is 0 Å². The summed E-state index contributed by atoms with van der Waals surface area (Å²) in [5.74, 6) is -0.0629. The Labute approximate surface area is 121 Å². The molecule has 0 saturated heterocycles. The van der Waals surface area contributed by atoms with Crippen LogP contribution in [0.2, 0.25) is 0 Å². The first-order valence-corrected chi connectivity index (χ1v) is 7.02. The van der Waals surface area contributed by atoms with E-state index in [-0.39, 0.29) is 5.91 Å². The van der Waals surface area contributed by atoms with Crippen LogP contribution in [0.1, 0.15) is 23.2 Å². The van der Waals surface area contributed by atoms with E-state index in [1.807, 2.05) is 36.4 Å². The van der Waals surface area contributed by atoms with Crippen molar-refractivity contribution in [2.45, 2.75) is 18.9 Å². The van der Waals surface area contributed by atoms with Crippen LogP contribution in [-0.2, 0) is 0 Å². The van der Waals surface area contributed by atoms with Gasteiger partial charge >= 0.3 is 0 Å². The molecule has 1 aliphatic rings. The first-order chi connectivity index (χ1) is 10.3. The molecule has 0 aliphatic heterocycles. The highest BCUT2D eigenvalue weighted by Crippen LogP contribution is 2.26. The summed E-state index contributed by atoms with van der Waals surface area (Å²) in [6.45, 7) is 0. The number of hydrogen-bond acceptors (Lipinski definition) is 3. The van der Waals surface area contributed by atoms with Gasteiger partial charge in [-0.2, -0.15) is 5.10 Å². The number of H-pyrrole nitrogens is 1. The number of benzene rings is 1. The first-order valence-electron chi connectivity index (χ1n) is 7.02. The minimum absolute atomic E-state index is 0.0629. The van der Waals surface area contributed by atoms with Crippen LogP contribution < -0.4 is 5.32 Å². The molecule has 0 unspecified atom stereocenters. The predicted octanol–water partition coefficient (Wildman–Crippen LogP) is 2.52. The number of nitrogens with zero attached hydrogens (tertiary/aromatic N) is 2. The number of aromatic nitrogens is 3. The van der Waals surface area contributed by atoms with Crippen LogP contribution >= 0.6 is 0 Å². The third-order valence-electron chi connectivity index (χ3n) is 3.64. The summed E-state index contributed by atoms with van der Waals surface area (Å²) < 4.78 is 0. The molecule has 2 N–H and O–H groups in total. The highest BCUT2D eigenvalue weighted by atomic mass is 16.1. The van der Waals surface area contributed by atoms with E-state index in [4.69, 9.17) is 0 Å². The Morgan fingerprint density at radius 1 is 1.24 bits per heavy atom. The Balaban J connectivity index is 1.77. The lowest BCUT2D eigenvalue weighted by Crippen LogP contribution is -2.25. The molecular formula is C16H14N4O. The van der Waals surface area contributed by atoms with Crippen LogP contribution in [0.25, 0.3) is 22.3 Å². The molecule has 1 aliphatic carbocycles. The Bertz CT molecular complexity index is 806. The second-order valence-electron chi connectivity index (χ2n) is 5.31. The number of fused-ring (bicyclic) bond motifs is 1. The van der Waals surface area contributed by atoms with E-state index >= 15 is 0 Å². The maximum absolute atomic E-state index is 12.1. The highest BCUT2D eigenvalue weighted by Gasteiger charge is 2.24. The van der Waals surface area contributed by atoms with Gasteiger partial charge in [-0.25, -0.2) is 4.98 Å². The molecule has 21 heavy (non-hydrogen) atoms. The van der Waals surface area contributed by atoms with Crippen LogP contribution in [0.3, 0.4) is 0 Å². The Morgan fingerprint density at radius 3 is 2.81 bits per heavy atom. The molecule has 0 radical (unpaired) electrons. The van der Waals surface area contributed by atoms with Gasteiger partial charge in [0, 0.05) is 23.2 Å². The van der Waals surface area contributed by atoms with Crippen molar-refractivity contribution in [2.24, 2.45) is 0 Å². The number of nitrogens with one attached hydrogen (secondary N) is 2. The second-order valence-corrected chi connectivity index (χ2v) is 5.31. The summed E-state index contributed by atoms with van der Waals surface area (Å²) in [6.07, 6.45) is 3.73. The summed E-state index contributed by atoms with van der Waals surface area (Å²) in [5, 5.41) is 11.1. The monoisotopic (exact) mass is 278 g/mol. The molecule has 0 spiro atoms. The molecule has 4 rings (SSSR count). The van der Waals surface area contributed by atoms with Gasteiger partial charge < -0.3 is 5.32 Å². The summed E-state index contributed by atoms with van der Waals surface area (Å²) in [4.78, 5) is 16.4. The molecule has 104 valence electrons. The quantitative estimate of drug-likeness (QED) is 0.773. The van der Waals surface area contributed by atoms with Crippen LogP contribution in [0, 0.1) is 0 Å². The minimum atomic E-state index is -0.0629. The van der Waals surface area contributed by atoms with Crippen LogP contribution in [0.15, 0.2) is 42.6 Å². The lowest BCUT2D eigenvalue weighted by Gasteiger charge is -2.03. The van der Waals surface area contributed by atoms with Crippen LogP contribution in [-0.4, -0.2) is 27.1 Å². The van der Waals surface area contributed by atoms with Crippen molar-refractivity contribution in [1.82, 2.24) is 20.5 Å². The molecule has 1 amide bonds. The largest absolute Gasteiger partial charge is 0.349 e. The van der Waals surface area contributed by atoms with Gasteiger partial charge in [0.05, 0.1) is 5.56 Å². The van der Waals surface area contributed by atoms with Gasteiger partial charge in [-0.3, -0.25) is 9.89 Å². The molecular weight excluding hydrogens is 264 g/mol. The third kappa shape index (κ3) is 2.27. The second kappa shape index (κ2) is 4.70. The fraction of sp³-hybridized carbons (Fsp3) is 0.188. The first kappa shape index (κ1) is 12.1. The van der Waals surface area contributed by atoms with Crippen molar-refractivity contribution in [3.63, 3.8) is 0 Å². The molecule has 1 saturated carbocycles. The fourth-order valence-corrected chi connectivity index (χ4v) is 2.34. The Kier molecular flexibility index (Phi) is 2.70. The lowest BCUT2D eigenvalue weighted by molar-refractivity contribution is 0.0951. The lowest BCUT2D eigenvalue weighted by atomic mass is 10.1. The van der Waals surface area contributed by atoms with Gasteiger partial charge in [0.1, 0.15) is 5.69 Å². The molecule has 0 atom stereocenters. The van der Waals surface area contributed by atoms with E-state index in [2.05, 4.69) is 20.5 Å². The summed E-state index contributed by atoms with van der Waals surface area (Å²) in [7, 11) is 0. The van der Waals surface area contributed by atoms with E-state index in [9.17, 15) is 4.79 Å². The van der Waals surface area contributed by atoms with Crippen molar-refractivity contribution in [3.05, 3.63) is 48.2 Å².